The third-order valence-electron chi connectivity index (χ3n) is 3.92. The van der Waals surface area contributed by atoms with Gasteiger partial charge < -0.3 is 15.4 Å². The number of anilines is 1. The number of sulfone groups is 1. The highest BCUT2D eigenvalue weighted by molar-refractivity contribution is 7.90. The first-order valence-corrected chi connectivity index (χ1v) is 8.84. The molecular formula is C15H13BF3NO4S. The van der Waals surface area contributed by atoms with Crippen molar-refractivity contribution in [1.82, 2.24) is 0 Å². The molecule has 0 saturated carbocycles. The molecule has 2 aromatic carbocycles. The predicted molar refractivity (Wildman–Crippen MR) is 85.6 cm³/mol. The van der Waals surface area contributed by atoms with Crippen LogP contribution in [0.15, 0.2) is 41.3 Å². The predicted octanol–water partition coefficient (Wildman–Crippen LogP) is 1.48. The molecule has 1 aliphatic rings. The molecule has 0 radical (unpaired) electrons. The molecule has 10 heteroatoms. The molecule has 3 rings (SSSR count). The van der Waals surface area contributed by atoms with E-state index in [1.165, 1.54) is 6.07 Å². The van der Waals surface area contributed by atoms with Gasteiger partial charge in [0.15, 0.2) is 9.84 Å². The summed E-state index contributed by atoms with van der Waals surface area (Å²) < 4.78 is 68.7. The second-order valence-electron chi connectivity index (χ2n) is 5.70. The van der Waals surface area contributed by atoms with E-state index in [4.69, 9.17) is 10.4 Å². The van der Waals surface area contributed by atoms with Crippen molar-refractivity contribution in [2.24, 2.45) is 0 Å². The van der Waals surface area contributed by atoms with Crippen LogP contribution in [0.4, 0.5) is 18.9 Å². The molecule has 3 N–H and O–H groups in total. The second-order valence-corrected chi connectivity index (χ2v) is 7.69. The number of halogens is 3. The lowest BCUT2D eigenvalue weighted by Crippen LogP contribution is -2.28. The SMILES string of the molecule is Nc1ccc(S(=O)(=O)Cc2ccc3c(c2)B(O)OC3)cc1C(F)(F)F. The van der Waals surface area contributed by atoms with Crippen LogP contribution in [0.25, 0.3) is 0 Å². The molecule has 0 aliphatic carbocycles. The van der Waals surface area contributed by atoms with E-state index in [-0.39, 0.29) is 6.61 Å². The van der Waals surface area contributed by atoms with Gasteiger partial charge in [-0.15, -0.1) is 0 Å². The average molecular weight is 371 g/mol. The molecule has 0 saturated heterocycles. The number of rotatable bonds is 3. The van der Waals surface area contributed by atoms with Crippen LogP contribution in [0.2, 0.25) is 0 Å². The Hall–Kier alpha value is -2.04. The molecule has 132 valence electrons. The Morgan fingerprint density at radius 2 is 1.92 bits per heavy atom. The van der Waals surface area contributed by atoms with E-state index >= 15 is 0 Å². The summed E-state index contributed by atoms with van der Waals surface area (Å²) in [6.07, 6.45) is -4.75. The molecule has 0 amide bonds. The zero-order chi connectivity index (χ0) is 18.4. The van der Waals surface area contributed by atoms with Crippen molar-refractivity contribution in [3.05, 3.63) is 53.1 Å². The van der Waals surface area contributed by atoms with Crippen LogP contribution in [0.1, 0.15) is 16.7 Å². The van der Waals surface area contributed by atoms with Gasteiger partial charge >= 0.3 is 13.3 Å². The van der Waals surface area contributed by atoms with E-state index in [1.807, 2.05) is 0 Å². The first kappa shape index (κ1) is 17.8. The third-order valence-corrected chi connectivity index (χ3v) is 5.60. The molecule has 0 bridgehead atoms. The zero-order valence-electron chi connectivity index (χ0n) is 12.7. The van der Waals surface area contributed by atoms with Gasteiger partial charge in [-0.1, -0.05) is 18.2 Å². The number of nitrogen functional groups attached to an aromatic ring is 1. The molecule has 0 aromatic heterocycles. The van der Waals surface area contributed by atoms with Crippen LogP contribution in [0.3, 0.4) is 0 Å². The zero-order valence-corrected chi connectivity index (χ0v) is 13.6. The van der Waals surface area contributed by atoms with Gasteiger partial charge in [0.2, 0.25) is 0 Å². The summed E-state index contributed by atoms with van der Waals surface area (Å²) in [4.78, 5) is -0.466. The summed E-state index contributed by atoms with van der Waals surface area (Å²) in [6.45, 7) is 0.219. The van der Waals surface area contributed by atoms with E-state index in [1.54, 1.807) is 12.1 Å². The highest BCUT2D eigenvalue weighted by atomic mass is 32.2. The maximum Gasteiger partial charge on any atom is 0.491 e. The van der Waals surface area contributed by atoms with Gasteiger partial charge in [0.05, 0.1) is 22.8 Å². The summed E-state index contributed by atoms with van der Waals surface area (Å²) in [7, 11) is -5.16. The van der Waals surface area contributed by atoms with Crippen molar-refractivity contribution in [2.75, 3.05) is 5.73 Å². The van der Waals surface area contributed by atoms with Crippen molar-refractivity contribution in [3.63, 3.8) is 0 Å². The Morgan fingerprint density at radius 1 is 1.20 bits per heavy atom. The normalized spacial score (nSPS) is 14.6. The van der Waals surface area contributed by atoms with Crippen LogP contribution in [-0.2, 0) is 33.0 Å². The number of fused-ring (bicyclic) bond motifs is 1. The summed E-state index contributed by atoms with van der Waals surface area (Å²) in [5.41, 5.74) is 5.10. The monoisotopic (exact) mass is 371 g/mol. The Labute approximate surface area is 142 Å². The lowest BCUT2D eigenvalue weighted by Gasteiger charge is -2.12. The number of hydrogen-bond donors (Lipinski definition) is 2. The van der Waals surface area contributed by atoms with E-state index in [2.05, 4.69) is 0 Å². The van der Waals surface area contributed by atoms with Crippen molar-refractivity contribution in [2.45, 2.75) is 23.4 Å². The molecule has 2 aromatic rings. The van der Waals surface area contributed by atoms with Crippen LogP contribution in [0, 0.1) is 0 Å². The van der Waals surface area contributed by atoms with E-state index in [0.717, 1.165) is 17.7 Å². The average Bonchev–Trinajstić information content (AvgIpc) is 2.87. The number of alkyl halides is 3. The molecule has 0 spiro atoms. The van der Waals surface area contributed by atoms with Gasteiger partial charge in [-0.2, -0.15) is 13.2 Å². The quantitative estimate of drug-likeness (QED) is 0.630. The van der Waals surface area contributed by atoms with Crippen molar-refractivity contribution >= 4 is 28.1 Å². The van der Waals surface area contributed by atoms with Gasteiger partial charge in [-0.25, -0.2) is 8.42 Å². The van der Waals surface area contributed by atoms with Gasteiger partial charge in [-0.3, -0.25) is 0 Å². The Kier molecular flexibility index (Phi) is 4.30. The van der Waals surface area contributed by atoms with E-state index < -0.39 is 45.0 Å². The summed E-state index contributed by atoms with van der Waals surface area (Å²) in [6, 6.07) is 7.16. The molecular weight excluding hydrogens is 358 g/mol. The summed E-state index contributed by atoms with van der Waals surface area (Å²) >= 11 is 0. The lowest BCUT2D eigenvalue weighted by atomic mass is 9.79. The lowest BCUT2D eigenvalue weighted by molar-refractivity contribution is -0.137. The van der Waals surface area contributed by atoms with Gasteiger partial charge in [0.1, 0.15) is 0 Å². The van der Waals surface area contributed by atoms with Gasteiger partial charge in [0, 0.05) is 5.69 Å². The molecule has 0 unspecified atom stereocenters. The molecule has 1 aliphatic heterocycles. The molecule has 5 nitrogen and oxygen atoms in total. The standard InChI is InChI=1S/C15H13BF3NO4S/c17-15(18,19)12-6-11(3-4-14(12)20)25(22,23)8-9-1-2-10-7-24-16(21)13(10)5-9/h1-6,21H,7-8,20H2. The largest absolute Gasteiger partial charge is 0.491 e. The van der Waals surface area contributed by atoms with Crippen LogP contribution in [-0.4, -0.2) is 20.6 Å². The molecule has 0 fully saturated rings. The van der Waals surface area contributed by atoms with Crippen molar-refractivity contribution in [1.29, 1.82) is 0 Å². The van der Waals surface area contributed by atoms with E-state index in [9.17, 15) is 26.6 Å². The fourth-order valence-electron chi connectivity index (χ4n) is 2.63. The minimum atomic E-state index is -4.75. The number of hydrogen-bond acceptors (Lipinski definition) is 5. The molecule has 25 heavy (non-hydrogen) atoms. The highest BCUT2D eigenvalue weighted by Crippen LogP contribution is 2.35. The fourth-order valence-corrected chi connectivity index (χ4v) is 3.99. The Balaban J connectivity index is 1.94. The topological polar surface area (TPSA) is 89.6 Å². The van der Waals surface area contributed by atoms with Crippen LogP contribution >= 0.6 is 0 Å². The van der Waals surface area contributed by atoms with Crippen LogP contribution in [0.5, 0.6) is 0 Å². The highest BCUT2D eigenvalue weighted by Gasteiger charge is 2.34. The first-order valence-electron chi connectivity index (χ1n) is 7.19. The fraction of sp³-hybridized carbons (Fsp3) is 0.200. The minimum Gasteiger partial charge on any atom is -0.423 e. The number of benzene rings is 2. The number of nitrogens with two attached hydrogens (primary N) is 1. The Morgan fingerprint density at radius 3 is 2.60 bits per heavy atom. The van der Waals surface area contributed by atoms with Crippen molar-refractivity contribution in [3.8, 4) is 0 Å². The third kappa shape index (κ3) is 3.51. The van der Waals surface area contributed by atoms with Crippen LogP contribution < -0.4 is 11.2 Å². The first-order chi connectivity index (χ1) is 11.6. The Bertz CT molecular complexity index is 931. The maximum absolute atomic E-state index is 12.9. The minimum absolute atomic E-state index is 0.219. The molecule has 1 heterocycles. The van der Waals surface area contributed by atoms with Crippen molar-refractivity contribution < 1.29 is 31.3 Å². The maximum atomic E-state index is 12.9. The summed E-state index contributed by atoms with van der Waals surface area (Å²) in [5, 5.41) is 9.67. The van der Waals surface area contributed by atoms with Gasteiger partial charge in [0.25, 0.3) is 0 Å². The smallest absolute Gasteiger partial charge is 0.423 e. The van der Waals surface area contributed by atoms with Gasteiger partial charge in [-0.05, 0) is 34.8 Å². The van der Waals surface area contributed by atoms with E-state index in [0.29, 0.717) is 17.1 Å². The summed E-state index contributed by atoms with van der Waals surface area (Å²) in [5.74, 6) is -0.506. The molecule has 0 atom stereocenters. The second kappa shape index (κ2) is 6.04.